The minimum atomic E-state index is -0.394. The zero-order chi connectivity index (χ0) is 29.8. The third-order valence-electron chi connectivity index (χ3n) is 5.65. The fraction of sp³-hybridized carbons (Fsp3) is 0.258. The van der Waals surface area contributed by atoms with E-state index in [1.54, 1.807) is 47.6 Å². The van der Waals surface area contributed by atoms with Crippen molar-refractivity contribution in [3.05, 3.63) is 94.1 Å². The van der Waals surface area contributed by atoms with Crippen LogP contribution in [0.3, 0.4) is 0 Å². The molecular formula is C31H34N6O3S. The summed E-state index contributed by atoms with van der Waals surface area (Å²) in [4.78, 5) is 24.0. The van der Waals surface area contributed by atoms with Gasteiger partial charge in [0.25, 0.3) is 5.91 Å². The molecule has 0 saturated heterocycles. The smallest absolute Gasteiger partial charge is 0.254 e. The highest BCUT2D eigenvalue weighted by atomic mass is 32.1. The Kier molecular flexibility index (Phi) is 11.5. The number of amides is 1. The number of carbonyl (C=O) groups is 1. The van der Waals surface area contributed by atoms with Gasteiger partial charge < -0.3 is 19.5 Å². The molecule has 41 heavy (non-hydrogen) atoms. The van der Waals surface area contributed by atoms with Crippen molar-refractivity contribution in [1.29, 1.82) is 0 Å². The van der Waals surface area contributed by atoms with Gasteiger partial charge in [-0.05, 0) is 45.4 Å². The zero-order valence-electron chi connectivity index (χ0n) is 23.7. The lowest BCUT2D eigenvalue weighted by atomic mass is 10.0. The standard InChI is InChI=1S/C22H24N6O3S.C7H8.C2H2/c1-4-6-28(11-18-25-13(2)12-32-18)22(29)17-9-15(20-24-5-7-30-20)8-16(10-17)21-27-26-19(31-21)14(3)23;1-7-5-3-2-4-6-7;1-2/h5,7-10,12,14H,4,6,11,23H2,1-3H3;2-6H,1H3;1-2H/t14-;;/m0../s1. The molecule has 212 valence electrons. The third kappa shape index (κ3) is 8.70. The van der Waals surface area contributed by atoms with Gasteiger partial charge in [0.05, 0.1) is 18.8 Å². The molecule has 3 heterocycles. The van der Waals surface area contributed by atoms with Crippen LogP contribution in [0.25, 0.3) is 22.9 Å². The van der Waals surface area contributed by atoms with Crippen molar-refractivity contribution in [2.45, 2.75) is 46.7 Å². The summed E-state index contributed by atoms with van der Waals surface area (Å²) in [5.74, 6) is 0.866. The summed E-state index contributed by atoms with van der Waals surface area (Å²) < 4.78 is 11.2. The Labute approximate surface area is 244 Å². The van der Waals surface area contributed by atoms with E-state index < -0.39 is 6.04 Å². The van der Waals surface area contributed by atoms with Crippen LogP contribution >= 0.6 is 11.3 Å². The van der Waals surface area contributed by atoms with E-state index >= 15 is 0 Å². The van der Waals surface area contributed by atoms with Gasteiger partial charge >= 0.3 is 0 Å². The average molecular weight is 571 g/mol. The van der Waals surface area contributed by atoms with Crippen LogP contribution in [0.2, 0.25) is 0 Å². The molecule has 9 nitrogen and oxygen atoms in total. The summed E-state index contributed by atoms with van der Waals surface area (Å²) in [6.45, 7) is 8.87. The molecule has 3 aromatic heterocycles. The van der Waals surface area contributed by atoms with Crippen LogP contribution in [0.15, 0.2) is 75.2 Å². The maximum absolute atomic E-state index is 13.5. The zero-order valence-corrected chi connectivity index (χ0v) is 24.5. The molecule has 0 unspecified atom stereocenters. The molecule has 2 aromatic carbocycles. The van der Waals surface area contributed by atoms with Crippen molar-refractivity contribution in [1.82, 2.24) is 25.1 Å². The van der Waals surface area contributed by atoms with E-state index in [1.165, 1.54) is 11.8 Å². The van der Waals surface area contributed by atoms with Gasteiger partial charge in [-0.3, -0.25) is 4.79 Å². The van der Waals surface area contributed by atoms with E-state index in [1.807, 2.05) is 37.4 Å². The maximum atomic E-state index is 13.5. The molecule has 0 saturated carbocycles. The number of thiazole rings is 1. The normalized spacial score (nSPS) is 11.0. The van der Waals surface area contributed by atoms with E-state index in [9.17, 15) is 4.79 Å². The summed E-state index contributed by atoms with van der Waals surface area (Å²) in [6.07, 6.45) is 11.9. The first-order chi connectivity index (χ1) is 19.8. The number of nitrogens with two attached hydrogens (primary N) is 1. The second-order valence-electron chi connectivity index (χ2n) is 9.13. The van der Waals surface area contributed by atoms with Crippen molar-refractivity contribution >= 4 is 17.2 Å². The van der Waals surface area contributed by atoms with E-state index in [-0.39, 0.29) is 11.8 Å². The number of rotatable bonds is 8. The topological polar surface area (TPSA) is 124 Å². The highest BCUT2D eigenvalue weighted by Gasteiger charge is 2.21. The number of hydrogen-bond acceptors (Lipinski definition) is 9. The van der Waals surface area contributed by atoms with E-state index in [0.29, 0.717) is 41.6 Å². The fourth-order valence-corrected chi connectivity index (χ4v) is 4.56. The molecule has 0 aliphatic carbocycles. The van der Waals surface area contributed by atoms with Crippen molar-refractivity contribution in [2.24, 2.45) is 5.73 Å². The Hall–Kier alpha value is -4.59. The summed E-state index contributed by atoms with van der Waals surface area (Å²) in [5, 5.41) is 11.0. The van der Waals surface area contributed by atoms with Gasteiger partial charge in [-0.2, -0.15) is 0 Å². The third-order valence-corrected chi connectivity index (χ3v) is 6.60. The Balaban J connectivity index is 0.000000443. The first-order valence-electron chi connectivity index (χ1n) is 13.0. The summed E-state index contributed by atoms with van der Waals surface area (Å²) >= 11 is 1.55. The number of terminal acetylenes is 1. The predicted molar refractivity (Wildman–Crippen MR) is 161 cm³/mol. The summed E-state index contributed by atoms with van der Waals surface area (Å²) in [6, 6.07) is 15.2. The largest absolute Gasteiger partial charge is 0.445 e. The van der Waals surface area contributed by atoms with Crippen molar-refractivity contribution < 1.29 is 13.6 Å². The molecule has 0 aliphatic heterocycles. The molecule has 2 N–H and O–H groups in total. The predicted octanol–water partition coefficient (Wildman–Crippen LogP) is 6.47. The number of carbonyl (C=O) groups excluding carboxylic acids is 1. The fourth-order valence-electron chi connectivity index (χ4n) is 3.78. The number of benzene rings is 2. The first kappa shape index (κ1) is 30.9. The first-order valence-corrected chi connectivity index (χ1v) is 13.9. The van der Waals surface area contributed by atoms with Crippen LogP contribution < -0.4 is 5.73 Å². The number of hydrogen-bond donors (Lipinski definition) is 1. The van der Waals surface area contributed by atoms with Crippen molar-refractivity contribution in [3.63, 3.8) is 0 Å². The minimum Gasteiger partial charge on any atom is -0.445 e. The Morgan fingerprint density at radius 2 is 1.78 bits per heavy atom. The Morgan fingerprint density at radius 1 is 1.07 bits per heavy atom. The second-order valence-corrected chi connectivity index (χ2v) is 10.1. The van der Waals surface area contributed by atoms with Gasteiger partial charge in [-0.1, -0.05) is 42.8 Å². The number of aryl methyl sites for hydroxylation is 2. The number of nitrogens with zero attached hydrogens (tertiary/aromatic N) is 5. The van der Waals surface area contributed by atoms with Crippen LogP contribution in [0.4, 0.5) is 0 Å². The Morgan fingerprint density at radius 3 is 2.29 bits per heavy atom. The molecule has 0 aliphatic rings. The van der Waals surface area contributed by atoms with Gasteiger partial charge in [-0.15, -0.1) is 34.4 Å². The van der Waals surface area contributed by atoms with Crippen LogP contribution in [0.1, 0.15) is 58.8 Å². The van der Waals surface area contributed by atoms with Gasteiger partial charge in [0.1, 0.15) is 11.3 Å². The maximum Gasteiger partial charge on any atom is 0.254 e. The second kappa shape index (κ2) is 15.3. The molecule has 0 spiro atoms. The van der Waals surface area contributed by atoms with E-state index in [4.69, 9.17) is 14.6 Å². The van der Waals surface area contributed by atoms with Gasteiger partial charge in [0.2, 0.25) is 17.7 Å². The molecule has 1 atom stereocenters. The average Bonchev–Trinajstić information content (AvgIpc) is 3.77. The van der Waals surface area contributed by atoms with Crippen LogP contribution in [-0.4, -0.2) is 37.5 Å². The van der Waals surface area contributed by atoms with Crippen LogP contribution in [0.5, 0.6) is 0 Å². The molecular weight excluding hydrogens is 536 g/mol. The van der Waals surface area contributed by atoms with Crippen LogP contribution in [-0.2, 0) is 6.54 Å². The SMILES string of the molecule is C#C.CCCN(Cc1nc(C)cs1)C(=O)c1cc(-c2ncco2)cc(-c2nnc([C@H](C)N)o2)c1.Cc1ccccc1. The van der Waals surface area contributed by atoms with Crippen molar-refractivity contribution in [3.8, 4) is 35.8 Å². The number of oxazole rings is 1. The molecule has 1 amide bonds. The van der Waals surface area contributed by atoms with Gasteiger partial charge in [-0.25, -0.2) is 9.97 Å². The van der Waals surface area contributed by atoms with E-state index in [2.05, 4.69) is 52.1 Å². The molecule has 5 rings (SSSR count). The molecule has 5 aromatic rings. The Bertz CT molecular complexity index is 1520. The van der Waals surface area contributed by atoms with Gasteiger partial charge in [0, 0.05) is 34.3 Å². The van der Waals surface area contributed by atoms with Crippen LogP contribution in [0, 0.1) is 26.7 Å². The lowest BCUT2D eigenvalue weighted by molar-refractivity contribution is 0.0743. The molecule has 0 bridgehead atoms. The molecule has 10 heteroatoms. The monoisotopic (exact) mass is 570 g/mol. The highest BCUT2D eigenvalue weighted by molar-refractivity contribution is 7.09. The summed E-state index contributed by atoms with van der Waals surface area (Å²) in [7, 11) is 0. The van der Waals surface area contributed by atoms with Gasteiger partial charge in [0.15, 0.2) is 0 Å². The summed E-state index contributed by atoms with van der Waals surface area (Å²) in [5.41, 5.74) is 9.82. The molecule has 0 fully saturated rings. The quantitative estimate of drug-likeness (QED) is 0.210. The minimum absolute atomic E-state index is 0.124. The van der Waals surface area contributed by atoms with E-state index in [0.717, 1.165) is 17.1 Å². The van der Waals surface area contributed by atoms with Crippen molar-refractivity contribution in [2.75, 3.05) is 6.54 Å². The lowest BCUT2D eigenvalue weighted by Gasteiger charge is -2.21. The number of aromatic nitrogens is 4. The lowest BCUT2D eigenvalue weighted by Crippen LogP contribution is -2.31. The molecule has 0 radical (unpaired) electrons. The highest BCUT2D eigenvalue weighted by Crippen LogP contribution is 2.29.